The van der Waals surface area contributed by atoms with Crippen LogP contribution in [0.4, 0.5) is 0 Å². The normalized spacial score (nSPS) is 14.3. The van der Waals surface area contributed by atoms with Crippen molar-refractivity contribution in [2.24, 2.45) is 0 Å². The van der Waals surface area contributed by atoms with Gasteiger partial charge in [-0.1, -0.05) is 28.1 Å². The summed E-state index contributed by atoms with van der Waals surface area (Å²) in [5.74, 6) is 0. The predicted molar refractivity (Wildman–Crippen MR) is 71.7 cm³/mol. The maximum absolute atomic E-state index is 10.5. The van der Waals surface area contributed by atoms with E-state index < -0.39 is 5.60 Å². The lowest BCUT2D eigenvalue weighted by molar-refractivity contribution is 0.0575. The molecule has 0 fully saturated rings. The number of halogens is 1. The molecule has 17 heavy (non-hydrogen) atoms. The average Bonchev–Trinajstić information content (AvgIpc) is 2.30. The van der Waals surface area contributed by atoms with Crippen LogP contribution in [-0.2, 0) is 12.0 Å². The van der Waals surface area contributed by atoms with E-state index in [0.717, 1.165) is 15.6 Å². The van der Waals surface area contributed by atoms with Crippen molar-refractivity contribution in [2.75, 3.05) is 0 Å². The topological polar surface area (TPSA) is 33.1 Å². The molecule has 0 radical (unpaired) electrons. The molecule has 1 unspecified atom stereocenters. The smallest absolute Gasteiger partial charge is 0.0909 e. The second-order valence-electron chi connectivity index (χ2n) is 4.32. The second-order valence-corrected chi connectivity index (χ2v) is 5.23. The molecule has 0 amide bonds. The number of aromatic nitrogens is 1. The quantitative estimate of drug-likeness (QED) is 0.941. The van der Waals surface area contributed by atoms with Crippen molar-refractivity contribution >= 4 is 15.9 Å². The first-order valence-electron chi connectivity index (χ1n) is 5.45. The van der Waals surface area contributed by atoms with E-state index in [1.165, 1.54) is 0 Å². The monoisotopic (exact) mass is 291 g/mol. The first kappa shape index (κ1) is 12.3. The number of rotatable bonds is 3. The average molecular weight is 292 g/mol. The third-order valence-electron chi connectivity index (χ3n) is 2.74. The van der Waals surface area contributed by atoms with Gasteiger partial charge in [-0.2, -0.15) is 0 Å². The van der Waals surface area contributed by atoms with Crippen LogP contribution >= 0.6 is 15.9 Å². The van der Waals surface area contributed by atoms with Gasteiger partial charge in [0.05, 0.1) is 5.60 Å². The van der Waals surface area contributed by atoms with Gasteiger partial charge in [0.25, 0.3) is 0 Å². The molecule has 0 saturated heterocycles. The fraction of sp³-hybridized carbons (Fsp3) is 0.214. The summed E-state index contributed by atoms with van der Waals surface area (Å²) in [6.45, 7) is 1.83. The van der Waals surface area contributed by atoms with Crippen LogP contribution in [0, 0.1) is 0 Å². The molecule has 1 aromatic heterocycles. The van der Waals surface area contributed by atoms with Crippen LogP contribution in [0.15, 0.2) is 53.3 Å². The summed E-state index contributed by atoms with van der Waals surface area (Å²) < 4.78 is 0.977. The van der Waals surface area contributed by atoms with Gasteiger partial charge >= 0.3 is 0 Å². The summed E-state index contributed by atoms with van der Waals surface area (Å²) in [4.78, 5) is 3.97. The molecule has 2 aromatic rings. The molecule has 0 saturated carbocycles. The Morgan fingerprint density at radius 2 is 1.94 bits per heavy atom. The lowest BCUT2D eigenvalue weighted by Crippen LogP contribution is -2.24. The molecule has 1 N–H and O–H groups in total. The second kappa shape index (κ2) is 4.98. The van der Waals surface area contributed by atoms with E-state index in [9.17, 15) is 5.11 Å². The maximum Gasteiger partial charge on any atom is 0.0909 e. The highest BCUT2D eigenvalue weighted by atomic mass is 79.9. The van der Waals surface area contributed by atoms with Crippen molar-refractivity contribution in [3.8, 4) is 0 Å². The lowest BCUT2D eigenvalue weighted by Gasteiger charge is -2.24. The van der Waals surface area contributed by atoms with Gasteiger partial charge in [-0.3, -0.25) is 4.98 Å². The molecule has 1 aromatic carbocycles. The first-order valence-corrected chi connectivity index (χ1v) is 6.24. The van der Waals surface area contributed by atoms with Gasteiger partial charge in [0, 0.05) is 23.3 Å². The zero-order valence-corrected chi connectivity index (χ0v) is 11.2. The molecule has 2 rings (SSSR count). The summed E-state index contributed by atoms with van der Waals surface area (Å²) in [5, 5.41) is 10.5. The van der Waals surface area contributed by atoms with Gasteiger partial charge in [0.15, 0.2) is 0 Å². The summed E-state index contributed by atoms with van der Waals surface area (Å²) in [6.07, 6.45) is 4.06. The van der Waals surface area contributed by atoms with Crippen LogP contribution in [0.5, 0.6) is 0 Å². The van der Waals surface area contributed by atoms with Crippen LogP contribution < -0.4 is 0 Å². The van der Waals surface area contributed by atoms with Gasteiger partial charge in [-0.25, -0.2) is 0 Å². The maximum atomic E-state index is 10.5. The molecule has 0 bridgehead atoms. The van der Waals surface area contributed by atoms with E-state index in [-0.39, 0.29) is 0 Å². The predicted octanol–water partition coefficient (Wildman–Crippen LogP) is 3.29. The van der Waals surface area contributed by atoms with E-state index in [2.05, 4.69) is 20.9 Å². The van der Waals surface area contributed by atoms with Crippen molar-refractivity contribution in [3.05, 3.63) is 64.4 Å². The summed E-state index contributed by atoms with van der Waals surface area (Å²) in [6, 6.07) is 11.6. The highest BCUT2D eigenvalue weighted by Crippen LogP contribution is 2.27. The van der Waals surface area contributed by atoms with Crippen LogP contribution in [-0.4, -0.2) is 10.1 Å². The third kappa shape index (κ3) is 3.14. The molecule has 2 nitrogen and oxygen atoms in total. The number of benzene rings is 1. The molecule has 1 atom stereocenters. The molecule has 88 valence electrons. The van der Waals surface area contributed by atoms with Crippen LogP contribution in [0.25, 0.3) is 0 Å². The Bertz CT molecular complexity index is 497. The van der Waals surface area contributed by atoms with Crippen LogP contribution in [0.2, 0.25) is 0 Å². The standard InChI is InChI=1S/C14H14BrNO/c1-14(17,10-11-5-7-16-8-6-11)12-3-2-4-13(15)9-12/h2-9,17H,10H2,1H3. The minimum Gasteiger partial charge on any atom is -0.385 e. The number of pyridine rings is 1. The third-order valence-corrected chi connectivity index (χ3v) is 3.24. The minimum absolute atomic E-state index is 0.575. The van der Waals surface area contributed by atoms with E-state index in [1.807, 2.05) is 43.3 Å². The molecule has 0 spiro atoms. The highest BCUT2D eigenvalue weighted by Gasteiger charge is 2.23. The zero-order chi connectivity index (χ0) is 12.3. The Kier molecular flexibility index (Phi) is 3.60. The van der Waals surface area contributed by atoms with Gasteiger partial charge in [-0.15, -0.1) is 0 Å². The van der Waals surface area contributed by atoms with Gasteiger partial charge in [0.1, 0.15) is 0 Å². The summed E-state index contributed by atoms with van der Waals surface area (Å²) >= 11 is 3.42. The highest BCUT2D eigenvalue weighted by molar-refractivity contribution is 9.10. The van der Waals surface area contributed by atoms with Crippen molar-refractivity contribution in [2.45, 2.75) is 18.9 Å². The molecular weight excluding hydrogens is 278 g/mol. The lowest BCUT2D eigenvalue weighted by atomic mass is 9.89. The van der Waals surface area contributed by atoms with Crippen molar-refractivity contribution in [1.29, 1.82) is 0 Å². The van der Waals surface area contributed by atoms with E-state index >= 15 is 0 Å². The Hall–Kier alpha value is -1.19. The largest absolute Gasteiger partial charge is 0.385 e. The number of hydrogen-bond acceptors (Lipinski definition) is 2. The van der Waals surface area contributed by atoms with E-state index in [0.29, 0.717) is 6.42 Å². The number of nitrogens with zero attached hydrogens (tertiary/aromatic N) is 1. The zero-order valence-electron chi connectivity index (χ0n) is 9.60. The number of hydrogen-bond donors (Lipinski definition) is 1. The van der Waals surface area contributed by atoms with Crippen molar-refractivity contribution < 1.29 is 5.11 Å². The van der Waals surface area contributed by atoms with Gasteiger partial charge in [0.2, 0.25) is 0 Å². The fourth-order valence-electron chi connectivity index (χ4n) is 1.82. The Morgan fingerprint density at radius 1 is 1.24 bits per heavy atom. The Morgan fingerprint density at radius 3 is 2.59 bits per heavy atom. The minimum atomic E-state index is -0.870. The molecule has 0 aliphatic heterocycles. The van der Waals surface area contributed by atoms with E-state index in [4.69, 9.17) is 0 Å². The van der Waals surface area contributed by atoms with Gasteiger partial charge in [-0.05, 0) is 42.3 Å². The van der Waals surface area contributed by atoms with Crippen LogP contribution in [0.3, 0.4) is 0 Å². The molecule has 3 heteroatoms. The fourth-order valence-corrected chi connectivity index (χ4v) is 2.22. The van der Waals surface area contributed by atoms with Gasteiger partial charge < -0.3 is 5.11 Å². The summed E-state index contributed by atoms with van der Waals surface area (Å²) in [5.41, 5.74) is 1.11. The first-order chi connectivity index (χ1) is 8.08. The van der Waals surface area contributed by atoms with E-state index in [1.54, 1.807) is 12.4 Å². The molecule has 1 heterocycles. The molecular formula is C14H14BrNO. The van der Waals surface area contributed by atoms with Crippen molar-refractivity contribution in [3.63, 3.8) is 0 Å². The van der Waals surface area contributed by atoms with Crippen molar-refractivity contribution in [1.82, 2.24) is 4.98 Å². The Balaban J connectivity index is 2.25. The number of aliphatic hydroxyl groups is 1. The summed E-state index contributed by atoms with van der Waals surface area (Å²) in [7, 11) is 0. The molecule has 0 aliphatic rings. The molecule has 0 aliphatic carbocycles. The SMILES string of the molecule is CC(O)(Cc1ccncc1)c1cccc(Br)c1. The van der Waals surface area contributed by atoms with Crippen LogP contribution in [0.1, 0.15) is 18.1 Å². The Labute approximate surface area is 109 Å².